The van der Waals surface area contributed by atoms with Crippen molar-refractivity contribution >= 4 is 22.7 Å². The second-order valence-electron chi connectivity index (χ2n) is 9.28. The second-order valence-corrected chi connectivity index (χ2v) is 11.9. The summed E-state index contributed by atoms with van der Waals surface area (Å²) in [5, 5.41) is 0. The summed E-state index contributed by atoms with van der Waals surface area (Å²) >= 11 is 4.01. The third-order valence-corrected chi connectivity index (χ3v) is 8.12. The molecular weight excluding hydrogens is 340 g/mol. The van der Waals surface area contributed by atoms with Gasteiger partial charge in [0, 0.05) is 31.3 Å². The number of hydrogen-bond acceptors (Lipinski definition) is 2. The first-order valence-electron chi connectivity index (χ1n) is 9.20. The van der Waals surface area contributed by atoms with Crippen LogP contribution in [0.15, 0.2) is 35.9 Å². The predicted octanol–water partition coefficient (Wildman–Crippen LogP) is 7.72. The van der Waals surface area contributed by atoms with E-state index >= 15 is 0 Å². The van der Waals surface area contributed by atoms with Crippen LogP contribution >= 0.6 is 22.7 Å². The molecule has 0 aliphatic heterocycles. The van der Waals surface area contributed by atoms with Gasteiger partial charge in [0.25, 0.3) is 0 Å². The monoisotopic (exact) mass is 368 g/mol. The van der Waals surface area contributed by atoms with Crippen molar-refractivity contribution in [1.82, 2.24) is 0 Å². The molecule has 0 fully saturated rings. The number of rotatable bonds is 2. The first-order valence-corrected chi connectivity index (χ1v) is 10.8. The lowest BCUT2D eigenvalue weighted by molar-refractivity contribution is 0.271. The molecule has 0 nitrogen and oxygen atoms in total. The van der Waals surface area contributed by atoms with Gasteiger partial charge < -0.3 is 0 Å². The average Bonchev–Trinajstić information content (AvgIpc) is 3.18. The third kappa shape index (κ3) is 2.61. The standard InChI is InChI=1S/C23H28S2/c1-13-10-17-18-11-14(2)25-21(18)19(20(17)24-13)23(6,7)16-9-8-15(12-16)22(3,4)5/h8-12,16,19H,1-7H3. The molecule has 0 saturated heterocycles. The summed E-state index contributed by atoms with van der Waals surface area (Å²) in [6, 6.07) is 4.81. The molecule has 0 saturated carbocycles. The molecule has 0 amide bonds. The second kappa shape index (κ2) is 5.44. The minimum atomic E-state index is 0.179. The van der Waals surface area contributed by atoms with Crippen molar-refractivity contribution < 1.29 is 0 Å². The zero-order valence-corrected chi connectivity index (χ0v) is 18.0. The zero-order valence-electron chi connectivity index (χ0n) is 16.4. The molecule has 2 heterocycles. The molecule has 0 aromatic carbocycles. The van der Waals surface area contributed by atoms with Crippen molar-refractivity contribution in [1.29, 1.82) is 0 Å². The van der Waals surface area contributed by atoms with Gasteiger partial charge in [-0.3, -0.25) is 0 Å². The summed E-state index contributed by atoms with van der Waals surface area (Å²) in [6.45, 7) is 16.4. The smallest absolute Gasteiger partial charge is 0.0350 e. The molecule has 25 heavy (non-hydrogen) atoms. The first kappa shape index (κ1) is 17.3. The molecule has 132 valence electrons. The van der Waals surface area contributed by atoms with E-state index < -0.39 is 0 Å². The van der Waals surface area contributed by atoms with Gasteiger partial charge in [-0.05, 0) is 53.5 Å². The molecule has 0 spiro atoms. The quantitative estimate of drug-likeness (QED) is 0.509. The van der Waals surface area contributed by atoms with Crippen LogP contribution in [0.1, 0.15) is 60.0 Å². The zero-order chi connectivity index (χ0) is 18.1. The summed E-state index contributed by atoms with van der Waals surface area (Å²) in [5.41, 5.74) is 4.89. The first-order chi connectivity index (χ1) is 11.6. The summed E-state index contributed by atoms with van der Waals surface area (Å²) in [6.07, 6.45) is 7.33. The summed E-state index contributed by atoms with van der Waals surface area (Å²) in [4.78, 5) is 6.06. The fourth-order valence-electron chi connectivity index (χ4n) is 4.38. The van der Waals surface area contributed by atoms with Crippen molar-refractivity contribution in [3.8, 4) is 11.1 Å². The maximum absolute atomic E-state index is 2.53. The van der Waals surface area contributed by atoms with Gasteiger partial charge in [0.1, 0.15) is 0 Å². The molecule has 2 aromatic rings. The van der Waals surface area contributed by atoms with E-state index in [0.717, 1.165) is 0 Å². The van der Waals surface area contributed by atoms with Gasteiger partial charge in [-0.15, -0.1) is 22.7 Å². The average molecular weight is 369 g/mol. The van der Waals surface area contributed by atoms with Crippen LogP contribution in [0.5, 0.6) is 0 Å². The third-order valence-electron chi connectivity index (χ3n) is 5.89. The van der Waals surface area contributed by atoms with E-state index in [1.807, 2.05) is 22.7 Å². The van der Waals surface area contributed by atoms with Crippen LogP contribution in [0.4, 0.5) is 0 Å². The summed E-state index contributed by atoms with van der Waals surface area (Å²) in [7, 11) is 0. The topological polar surface area (TPSA) is 0 Å². The lowest BCUT2D eigenvalue weighted by Crippen LogP contribution is -2.27. The van der Waals surface area contributed by atoms with Crippen molar-refractivity contribution in [3.05, 3.63) is 55.4 Å². The number of allylic oxidation sites excluding steroid dienone is 4. The SMILES string of the molecule is Cc1cc2c(s1)C(C(C)(C)C1C=CC(C(C)(C)C)=C1)c1sc(C)cc1-2. The molecule has 2 aromatic heterocycles. The van der Waals surface area contributed by atoms with Gasteiger partial charge in [-0.1, -0.05) is 52.8 Å². The van der Waals surface area contributed by atoms with E-state index in [1.54, 1.807) is 9.75 Å². The van der Waals surface area contributed by atoms with Crippen molar-refractivity contribution in [3.63, 3.8) is 0 Å². The van der Waals surface area contributed by atoms with Crippen LogP contribution in [0, 0.1) is 30.6 Å². The molecule has 2 aliphatic carbocycles. The van der Waals surface area contributed by atoms with E-state index in [9.17, 15) is 0 Å². The van der Waals surface area contributed by atoms with E-state index in [1.165, 1.54) is 26.5 Å². The highest BCUT2D eigenvalue weighted by atomic mass is 32.1. The minimum Gasteiger partial charge on any atom is -0.144 e. The lowest BCUT2D eigenvalue weighted by atomic mass is 9.69. The van der Waals surface area contributed by atoms with Crippen molar-refractivity contribution in [2.45, 2.75) is 54.4 Å². The Morgan fingerprint density at radius 3 is 1.80 bits per heavy atom. The summed E-state index contributed by atoms with van der Waals surface area (Å²) in [5.74, 6) is 1.01. The number of aryl methyl sites for hydroxylation is 2. The maximum Gasteiger partial charge on any atom is 0.0350 e. The van der Waals surface area contributed by atoms with E-state index in [0.29, 0.717) is 11.8 Å². The van der Waals surface area contributed by atoms with E-state index in [-0.39, 0.29) is 10.8 Å². The number of thiophene rings is 2. The Morgan fingerprint density at radius 2 is 1.36 bits per heavy atom. The van der Waals surface area contributed by atoms with Gasteiger partial charge in [0.15, 0.2) is 0 Å². The molecule has 2 aliphatic rings. The van der Waals surface area contributed by atoms with Gasteiger partial charge in [0.05, 0.1) is 0 Å². The van der Waals surface area contributed by atoms with Gasteiger partial charge in [-0.25, -0.2) is 0 Å². The largest absolute Gasteiger partial charge is 0.144 e. The Hall–Kier alpha value is -1.12. The van der Waals surface area contributed by atoms with Crippen molar-refractivity contribution in [2.75, 3.05) is 0 Å². The maximum atomic E-state index is 2.53. The van der Waals surface area contributed by atoms with Crippen LogP contribution in [0.2, 0.25) is 0 Å². The highest BCUT2D eigenvalue weighted by Crippen LogP contribution is 2.61. The molecule has 1 unspecified atom stereocenters. The van der Waals surface area contributed by atoms with E-state index in [4.69, 9.17) is 0 Å². The van der Waals surface area contributed by atoms with E-state index in [2.05, 4.69) is 78.8 Å². The Balaban J connectivity index is 1.81. The minimum absolute atomic E-state index is 0.179. The van der Waals surface area contributed by atoms with Gasteiger partial charge >= 0.3 is 0 Å². The van der Waals surface area contributed by atoms with Crippen LogP contribution < -0.4 is 0 Å². The molecule has 0 radical (unpaired) electrons. The molecule has 0 bridgehead atoms. The van der Waals surface area contributed by atoms with Gasteiger partial charge in [-0.2, -0.15) is 0 Å². The number of hydrogen-bond donors (Lipinski definition) is 0. The Labute approximate surface area is 160 Å². The Kier molecular flexibility index (Phi) is 3.76. The fourth-order valence-corrected chi connectivity index (χ4v) is 7.13. The van der Waals surface area contributed by atoms with Crippen LogP contribution in [-0.4, -0.2) is 0 Å². The Morgan fingerprint density at radius 1 is 0.840 bits per heavy atom. The lowest BCUT2D eigenvalue weighted by Gasteiger charge is -2.36. The highest BCUT2D eigenvalue weighted by Gasteiger charge is 2.45. The summed E-state index contributed by atoms with van der Waals surface area (Å²) < 4.78 is 0. The predicted molar refractivity (Wildman–Crippen MR) is 113 cm³/mol. The number of fused-ring (bicyclic) bond motifs is 3. The molecule has 1 atom stereocenters. The Bertz CT molecular complexity index is 847. The van der Waals surface area contributed by atoms with Crippen LogP contribution in [-0.2, 0) is 0 Å². The fraction of sp³-hybridized carbons (Fsp3) is 0.478. The normalized spacial score (nSPS) is 20.1. The van der Waals surface area contributed by atoms with Crippen molar-refractivity contribution in [2.24, 2.45) is 16.7 Å². The molecule has 2 heteroatoms. The molecular formula is C23H28S2. The molecule has 4 rings (SSSR count). The van der Waals surface area contributed by atoms with Crippen LogP contribution in [0.25, 0.3) is 11.1 Å². The van der Waals surface area contributed by atoms with Crippen LogP contribution in [0.3, 0.4) is 0 Å². The highest BCUT2D eigenvalue weighted by molar-refractivity contribution is 7.15. The molecule has 0 N–H and O–H groups in total. The van der Waals surface area contributed by atoms with Gasteiger partial charge in [0.2, 0.25) is 0 Å².